The van der Waals surface area contributed by atoms with Gasteiger partial charge in [0.25, 0.3) is 0 Å². The zero-order chi connectivity index (χ0) is 33.3. The van der Waals surface area contributed by atoms with E-state index in [9.17, 15) is 4.79 Å². The lowest BCUT2D eigenvalue weighted by molar-refractivity contribution is -0.135. The van der Waals surface area contributed by atoms with Gasteiger partial charge in [-0.25, -0.2) is 0 Å². The number of rotatable bonds is 42. The highest BCUT2D eigenvalue weighted by molar-refractivity contribution is 5.68. The Hall–Kier alpha value is -0.570. The number of carboxylic acid groups (broad SMARTS) is 1. The van der Waals surface area contributed by atoms with Gasteiger partial charge in [-0.1, -0.05) is 251 Å². The molecule has 0 saturated carbocycles. The summed E-state index contributed by atoms with van der Waals surface area (Å²) in [6.07, 6.45) is 56.2. The molecule has 0 saturated heterocycles. The summed E-state index contributed by atoms with van der Waals surface area (Å²) >= 11 is 0. The molecule has 0 aromatic heterocycles. The fraction of sp³-hybridized carbons (Fsp3) is 0.977. The SMILES string of the molecule is CCCCCCCCCCCCCCCCCCCCCCCCCCCCCCCCCCCCCCCCCNCC(=O)O. The van der Waals surface area contributed by atoms with Gasteiger partial charge in [0.2, 0.25) is 0 Å². The maximum Gasteiger partial charge on any atom is 0.317 e. The fourth-order valence-corrected chi connectivity index (χ4v) is 7.06. The molecular weight excluding hydrogens is 562 g/mol. The minimum Gasteiger partial charge on any atom is -0.480 e. The summed E-state index contributed by atoms with van der Waals surface area (Å²) in [4.78, 5) is 10.4. The molecule has 0 amide bonds. The predicted molar refractivity (Wildman–Crippen MR) is 206 cm³/mol. The Morgan fingerprint density at radius 2 is 0.500 bits per heavy atom. The van der Waals surface area contributed by atoms with Crippen molar-refractivity contribution in [2.75, 3.05) is 13.1 Å². The minimum atomic E-state index is -0.758. The zero-order valence-corrected chi connectivity index (χ0v) is 31.8. The first-order valence-corrected chi connectivity index (χ1v) is 21.7. The van der Waals surface area contributed by atoms with Crippen LogP contribution >= 0.6 is 0 Å². The van der Waals surface area contributed by atoms with Crippen molar-refractivity contribution in [3.63, 3.8) is 0 Å². The number of hydrogen-bond acceptors (Lipinski definition) is 2. The second kappa shape index (κ2) is 42.5. The second-order valence-electron chi connectivity index (χ2n) is 15.0. The number of aliphatic carboxylic acids is 1. The summed E-state index contributed by atoms with van der Waals surface area (Å²) in [5.41, 5.74) is 0. The third kappa shape index (κ3) is 43.4. The molecule has 0 aliphatic heterocycles. The number of nitrogens with one attached hydrogen (secondary N) is 1. The van der Waals surface area contributed by atoms with E-state index in [4.69, 9.17) is 5.11 Å². The van der Waals surface area contributed by atoms with Gasteiger partial charge in [-0.05, 0) is 13.0 Å². The highest BCUT2D eigenvalue weighted by atomic mass is 16.4. The van der Waals surface area contributed by atoms with Crippen LogP contribution in [0.15, 0.2) is 0 Å². The van der Waals surface area contributed by atoms with Crippen molar-refractivity contribution >= 4 is 5.97 Å². The number of unbranched alkanes of at least 4 members (excludes halogenated alkanes) is 38. The summed E-state index contributed by atoms with van der Waals surface area (Å²) in [5.74, 6) is -0.758. The molecule has 0 rings (SSSR count). The van der Waals surface area contributed by atoms with Crippen molar-refractivity contribution in [2.24, 2.45) is 0 Å². The maximum atomic E-state index is 10.4. The van der Waals surface area contributed by atoms with Crippen molar-refractivity contribution in [1.82, 2.24) is 5.32 Å². The van der Waals surface area contributed by atoms with Gasteiger partial charge < -0.3 is 10.4 Å². The van der Waals surface area contributed by atoms with E-state index >= 15 is 0 Å². The molecule has 0 bridgehead atoms. The number of carbonyl (C=O) groups is 1. The first kappa shape index (κ1) is 45.4. The third-order valence-electron chi connectivity index (χ3n) is 10.2. The summed E-state index contributed by atoms with van der Waals surface area (Å²) < 4.78 is 0. The van der Waals surface area contributed by atoms with E-state index in [1.165, 1.54) is 244 Å². The van der Waals surface area contributed by atoms with Crippen LogP contribution in [0.25, 0.3) is 0 Å². The van der Waals surface area contributed by atoms with Crippen LogP contribution in [0.1, 0.15) is 257 Å². The van der Waals surface area contributed by atoms with E-state index in [-0.39, 0.29) is 6.54 Å². The van der Waals surface area contributed by atoms with Crippen LogP contribution in [0, 0.1) is 0 Å². The normalized spacial score (nSPS) is 11.5. The van der Waals surface area contributed by atoms with Crippen LogP contribution in [-0.2, 0) is 4.79 Å². The first-order chi connectivity index (χ1) is 22.8. The van der Waals surface area contributed by atoms with Gasteiger partial charge in [-0.15, -0.1) is 0 Å². The van der Waals surface area contributed by atoms with Crippen LogP contribution in [0.5, 0.6) is 0 Å². The molecule has 0 unspecified atom stereocenters. The van der Waals surface area contributed by atoms with E-state index in [0.717, 1.165) is 13.0 Å². The molecule has 3 nitrogen and oxygen atoms in total. The highest BCUT2D eigenvalue weighted by Crippen LogP contribution is 2.17. The highest BCUT2D eigenvalue weighted by Gasteiger charge is 1.98. The average Bonchev–Trinajstić information content (AvgIpc) is 3.05. The van der Waals surface area contributed by atoms with Gasteiger partial charge in [0, 0.05) is 0 Å². The van der Waals surface area contributed by atoms with Crippen molar-refractivity contribution in [1.29, 1.82) is 0 Å². The van der Waals surface area contributed by atoms with Crippen molar-refractivity contribution < 1.29 is 9.90 Å². The van der Waals surface area contributed by atoms with E-state index < -0.39 is 5.97 Å². The number of carboxylic acids is 1. The quantitative estimate of drug-likeness (QED) is 0.0647. The Kier molecular flexibility index (Phi) is 41.9. The molecule has 0 aromatic carbocycles. The summed E-state index contributed by atoms with van der Waals surface area (Å²) in [7, 11) is 0. The standard InChI is InChI=1S/C43H87NO2/c1-2-3-4-5-6-7-8-9-10-11-12-13-14-15-16-17-18-19-20-21-22-23-24-25-26-27-28-29-30-31-32-33-34-35-36-37-38-39-40-41-44-42-43(45)46/h44H,2-42H2,1H3,(H,45,46). The Labute approximate surface area is 291 Å². The van der Waals surface area contributed by atoms with Gasteiger partial charge in [-0.3, -0.25) is 4.79 Å². The molecule has 0 aliphatic rings. The Morgan fingerprint density at radius 3 is 0.674 bits per heavy atom. The van der Waals surface area contributed by atoms with Crippen LogP contribution in [0.4, 0.5) is 0 Å². The molecule has 0 fully saturated rings. The van der Waals surface area contributed by atoms with Crippen molar-refractivity contribution in [3.05, 3.63) is 0 Å². The topological polar surface area (TPSA) is 49.3 Å². The van der Waals surface area contributed by atoms with Crippen LogP contribution in [0.3, 0.4) is 0 Å². The predicted octanol–water partition coefficient (Wildman–Crippen LogP) is 14.9. The molecule has 0 aliphatic carbocycles. The smallest absolute Gasteiger partial charge is 0.317 e. The van der Waals surface area contributed by atoms with Crippen molar-refractivity contribution in [2.45, 2.75) is 257 Å². The summed E-state index contributed by atoms with van der Waals surface area (Å²) in [6, 6.07) is 0. The molecule has 0 spiro atoms. The molecule has 0 radical (unpaired) electrons. The van der Waals surface area contributed by atoms with Gasteiger partial charge >= 0.3 is 5.97 Å². The molecule has 276 valence electrons. The van der Waals surface area contributed by atoms with Crippen LogP contribution < -0.4 is 5.32 Å². The second-order valence-corrected chi connectivity index (χ2v) is 15.0. The summed E-state index contributed by atoms with van der Waals surface area (Å²) in [5, 5.41) is 11.6. The Balaban J connectivity index is 3.04. The van der Waals surface area contributed by atoms with Crippen molar-refractivity contribution in [3.8, 4) is 0 Å². The lowest BCUT2D eigenvalue weighted by atomic mass is 10.0. The fourth-order valence-electron chi connectivity index (χ4n) is 7.06. The largest absolute Gasteiger partial charge is 0.480 e. The molecular formula is C43H87NO2. The monoisotopic (exact) mass is 650 g/mol. The number of hydrogen-bond donors (Lipinski definition) is 2. The van der Waals surface area contributed by atoms with Crippen LogP contribution in [0.2, 0.25) is 0 Å². The molecule has 0 atom stereocenters. The average molecular weight is 650 g/mol. The van der Waals surface area contributed by atoms with Gasteiger partial charge in [0.1, 0.15) is 0 Å². The van der Waals surface area contributed by atoms with Gasteiger partial charge in [-0.2, -0.15) is 0 Å². The molecule has 0 heterocycles. The summed E-state index contributed by atoms with van der Waals surface area (Å²) in [6.45, 7) is 3.24. The van der Waals surface area contributed by atoms with Gasteiger partial charge in [0.15, 0.2) is 0 Å². The molecule has 2 N–H and O–H groups in total. The van der Waals surface area contributed by atoms with Crippen LogP contribution in [-0.4, -0.2) is 24.2 Å². The molecule has 0 aromatic rings. The Bertz CT molecular complexity index is 551. The van der Waals surface area contributed by atoms with E-state index in [1.54, 1.807) is 0 Å². The third-order valence-corrected chi connectivity index (χ3v) is 10.2. The van der Waals surface area contributed by atoms with E-state index in [0.29, 0.717) is 0 Å². The maximum absolute atomic E-state index is 10.4. The van der Waals surface area contributed by atoms with E-state index in [1.807, 2.05) is 0 Å². The lowest BCUT2D eigenvalue weighted by Gasteiger charge is -2.05. The zero-order valence-electron chi connectivity index (χ0n) is 31.8. The molecule has 3 heteroatoms. The minimum absolute atomic E-state index is 0.0970. The first-order valence-electron chi connectivity index (χ1n) is 21.7. The van der Waals surface area contributed by atoms with E-state index in [2.05, 4.69) is 12.2 Å². The lowest BCUT2D eigenvalue weighted by Crippen LogP contribution is -2.23. The Morgan fingerprint density at radius 1 is 0.326 bits per heavy atom. The van der Waals surface area contributed by atoms with Gasteiger partial charge in [0.05, 0.1) is 6.54 Å². The molecule has 46 heavy (non-hydrogen) atoms.